The van der Waals surface area contributed by atoms with Gasteiger partial charge in [0.25, 0.3) is 5.89 Å². The number of nitrogens with zero attached hydrogens (tertiary/aromatic N) is 3. The topological polar surface area (TPSA) is 62.7 Å². The summed E-state index contributed by atoms with van der Waals surface area (Å²) in [5.41, 5.74) is 0.710. The molecule has 2 aromatic rings. The van der Waals surface area contributed by atoms with Crippen LogP contribution in [0.15, 0.2) is 27.2 Å². The van der Waals surface area contributed by atoms with Gasteiger partial charge in [0.15, 0.2) is 5.76 Å². The van der Waals surface area contributed by atoms with Crippen LogP contribution >= 0.6 is 0 Å². The minimum Gasteiger partial charge on any atom is -0.459 e. The Bertz CT molecular complexity index is 737. The van der Waals surface area contributed by atoms with E-state index in [0.717, 1.165) is 25.9 Å². The van der Waals surface area contributed by atoms with Crippen LogP contribution in [0.1, 0.15) is 37.1 Å². The Kier molecular flexibility index (Phi) is 4.37. The fraction of sp³-hybridized carbons (Fsp3) is 0.579. The molecule has 4 rings (SSSR count). The smallest absolute Gasteiger partial charge is 0.263 e. The molecule has 6 heteroatoms. The standard InChI is InChI=1S/C19H25N3O3/c1-13-14(20-19(25-13)17-8-5-11-24-17)12-18(23)22-10-4-7-16(22)15-6-3-9-21(15)2/h5,8,11,15-16H,3-4,6-7,9-10,12H2,1-2H3/t15-,16-/m1/s1. The first-order chi connectivity index (χ1) is 12.1. The van der Waals surface area contributed by atoms with E-state index >= 15 is 0 Å². The van der Waals surface area contributed by atoms with Gasteiger partial charge in [0.2, 0.25) is 5.91 Å². The molecule has 2 aliphatic rings. The summed E-state index contributed by atoms with van der Waals surface area (Å²) in [5, 5.41) is 0. The third-order valence-electron chi connectivity index (χ3n) is 5.58. The molecule has 2 fully saturated rings. The van der Waals surface area contributed by atoms with Gasteiger partial charge >= 0.3 is 0 Å². The molecule has 2 aromatic heterocycles. The van der Waals surface area contributed by atoms with E-state index in [1.54, 1.807) is 12.3 Å². The second kappa shape index (κ2) is 6.67. The van der Waals surface area contributed by atoms with Crippen LogP contribution in [0.3, 0.4) is 0 Å². The molecule has 2 atom stereocenters. The highest BCUT2D eigenvalue weighted by atomic mass is 16.4. The lowest BCUT2D eigenvalue weighted by Crippen LogP contribution is -2.47. The van der Waals surface area contributed by atoms with Crippen LogP contribution in [0.25, 0.3) is 11.7 Å². The molecule has 0 radical (unpaired) electrons. The minimum atomic E-state index is 0.158. The van der Waals surface area contributed by atoms with E-state index in [-0.39, 0.29) is 5.91 Å². The molecule has 0 spiro atoms. The third-order valence-corrected chi connectivity index (χ3v) is 5.58. The summed E-state index contributed by atoms with van der Waals surface area (Å²) in [7, 11) is 2.18. The zero-order valence-electron chi connectivity index (χ0n) is 14.9. The second-order valence-electron chi connectivity index (χ2n) is 7.16. The highest BCUT2D eigenvalue weighted by molar-refractivity contribution is 5.79. The molecule has 1 amide bonds. The number of amides is 1. The molecule has 0 unspecified atom stereocenters. The maximum absolute atomic E-state index is 12.9. The highest BCUT2D eigenvalue weighted by Crippen LogP contribution is 2.30. The van der Waals surface area contributed by atoms with Crippen molar-refractivity contribution in [2.75, 3.05) is 20.1 Å². The molecule has 0 aliphatic carbocycles. The lowest BCUT2D eigenvalue weighted by Gasteiger charge is -2.33. The summed E-state index contributed by atoms with van der Waals surface area (Å²) < 4.78 is 11.0. The highest BCUT2D eigenvalue weighted by Gasteiger charge is 2.38. The number of carbonyl (C=O) groups is 1. The summed E-state index contributed by atoms with van der Waals surface area (Å²) in [6.45, 7) is 3.85. The maximum atomic E-state index is 12.9. The number of aryl methyl sites for hydroxylation is 1. The van der Waals surface area contributed by atoms with Crippen molar-refractivity contribution in [1.82, 2.24) is 14.8 Å². The molecule has 0 saturated carbocycles. The van der Waals surface area contributed by atoms with Crippen LogP contribution in [0.2, 0.25) is 0 Å². The Morgan fingerprint density at radius 3 is 2.80 bits per heavy atom. The van der Waals surface area contributed by atoms with E-state index < -0.39 is 0 Å². The quantitative estimate of drug-likeness (QED) is 0.854. The lowest BCUT2D eigenvalue weighted by atomic mass is 10.0. The molecule has 0 N–H and O–H groups in total. The first-order valence-corrected chi connectivity index (χ1v) is 9.13. The van der Waals surface area contributed by atoms with E-state index in [2.05, 4.69) is 21.8 Å². The molecule has 2 saturated heterocycles. The summed E-state index contributed by atoms with van der Waals surface area (Å²) in [4.78, 5) is 21.9. The van der Waals surface area contributed by atoms with Crippen LogP contribution in [-0.4, -0.2) is 52.9 Å². The minimum absolute atomic E-state index is 0.158. The van der Waals surface area contributed by atoms with Gasteiger partial charge in [-0.3, -0.25) is 4.79 Å². The number of hydrogen-bond acceptors (Lipinski definition) is 5. The van der Waals surface area contributed by atoms with Gasteiger partial charge in [-0.15, -0.1) is 0 Å². The Balaban J connectivity index is 1.48. The van der Waals surface area contributed by atoms with Gasteiger partial charge < -0.3 is 18.6 Å². The normalized spacial score (nSPS) is 24.3. The predicted molar refractivity (Wildman–Crippen MR) is 93.0 cm³/mol. The van der Waals surface area contributed by atoms with Gasteiger partial charge in [-0.05, 0) is 58.3 Å². The van der Waals surface area contributed by atoms with E-state index in [1.807, 2.05) is 13.0 Å². The fourth-order valence-electron chi connectivity index (χ4n) is 4.27. The second-order valence-corrected chi connectivity index (χ2v) is 7.16. The monoisotopic (exact) mass is 343 g/mol. The van der Waals surface area contributed by atoms with Gasteiger partial charge in [0.05, 0.1) is 18.4 Å². The number of aromatic nitrogens is 1. The van der Waals surface area contributed by atoms with Crippen molar-refractivity contribution >= 4 is 5.91 Å². The number of hydrogen-bond donors (Lipinski definition) is 0. The molecule has 4 heterocycles. The van der Waals surface area contributed by atoms with Crippen LogP contribution in [0.5, 0.6) is 0 Å². The molecular weight excluding hydrogens is 318 g/mol. The van der Waals surface area contributed by atoms with Crippen molar-refractivity contribution in [3.8, 4) is 11.7 Å². The zero-order valence-corrected chi connectivity index (χ0v) is 14.9. The zero-order chi connectivity index (χ0) is 17.4. The lowest BCUT2D eigenvalue weighted by molar-refractivity contribution is -0.132. The first-order valence-electron chi connectivity index (χ1n) is 9.13. The van der Waals surface area contributed by atoms with E-state index in [0.29, 0.717) is 41.6 Å². The van der Waals surface area contributed by atoms with Crippen molar-refractivity contribution in [2.24, 2.45) is 0 Å². The SMILES string of the molecule is Cc1oc(-c2ccco2)nc1CC(=O)N1CCC[C@@H]1[C@H]1CCCN1C. The Morgan fingerprint density at radius 2 is 2.08 bits per heavy atom. The van der Waals surface area contributed by atoms with Crippen LogP contribution < -0.4 is 0 Å². The summed E-state index contributed by atoms with van der Waals surface area (Å²) in [5.74, 6) is 1.88. The Labute approximate surface area is 147 Å². The van der Waals surface area contributed by atoms with Gasteiger partial charge in [0, 0.05) is 18.6 Å². The molecule has 2 aliphatic heterocycles. The molecular formula is C19H25N3O3. The summed E-state index contributed by atoms with van der Waals surface area (Å²) in [6.07, 6.45) is 6.51. The Morgan fingerprint density at radius 1 is 1.28 bits per heavy atom. The number of furan rings is 1. The number of oxazole rings is 1. The predicted octanol–water partition coefficient (Wildman–Crippen LogP) is 2.87. The summed E-state index contributed by atoms with van der Waals surface area (Å²) in [6, 6.07) is 4.45. The molecule has 6 nitrogen and oxygen atoms in total. The van der Waals surface area contributed by atoms with Crippen LogP contribution in [0, 0.1) is 6.92 Å². The van der Waals surface area contributed by atoms with Gasteiger partial charge in [-0.1, -0.05) is 0 Å². The largest absolute Gasteiger partial charge is 0.459 e. The van der Waals surface area contributed by atoms with Crippen molar-refractivity contribution in [3.63, 3.8) is 0 Å². The number of likely N-dealkylation sites (tertiary alicyclic amines) is 2. The first kappa shape index (κ1) is 16.4. The van der Waals surface area contributed by atoms with E-state index in [9.17, 15) is 4.79 Å². The van der Waals surface area contributed by atoms with Crippen molar-refractivity contribution in [2.45, 2.75) is 51.1 Å². The van der Waals surface area contributed by atoms with Crippen LogP contribution in [0.4, 0.5) is 0 Å². The van der Waals surface area contributed by atoms with Crippen molar-refractivity contribution in [3.05, 3.63) is 29.9 Å². The third kappa shape index (κ3) is 3.11. The number of carbonyl (C=O) groups excluding carboxylic acids is 1. The Hall–Kier alpha value is -2.08. The van der Waals surface area contributed by atoms with E-state index in [1.165, 1.54) is 12.8 Å². The number of rotatable bonds is 4. The van der Waals surface area contributed by atoms with Crippen molar-refractivity contribution in [1.29, 1.82) is 0 Å². The average molecular weight is 343 g/mol. The van der Waals surface area contributed by atoms with Crippen molar-refractivity contribution < 1.29 is 13.6 Å². The molecule has 134 valence electrons. The van der Waals surface area contributed by atoms with E-state index in [4.69, 9.17) is 8.83 Å². The molecule has 25 heavy (non-hydrogen) atoms. The molecule has 0 aromatic carbocycles. The average Bonchev–Trinajstić information content (AvgIpc) is 3.34. The maximum Gasteiger partial charge on any atom is 0.263 e. The van der Waals surface area contributed by atoms with Gasteiger partial charge in [0.1, 0.15) is 5.76 Å². The van der Waals surface area contributed by atoms with Gasteiger partial charge in [-0.25, -0.2) is 4.98 Å². The van der Waals surface area contributed by atoms with Crippen LogP contribution in [-0.2, 0) is 11.2 Å². The number of likely N-dealkylation sites (N-methyl/N-ethyl adjacent to an activating group) is 1. The summed E-state index contributed by atoms with van der Waals surface area (Å²) >= 11 is 0. The fourth-order valence-corrected chi connectivity index (χ4v) is 4.27. The van der Waals surface area contributed by atoms with Gasteiger partial charge in [-0.2, -0.15) is 0 Å². The molecule has 0 bridgehead atoms.